The van der Waals surface area contributed by atoms with E-state index in [1.165, 1.54) is 0 Å². The first-order chi connectivity index (χ1) is 11.6. The summed E-state index contributed by atoms with van der Waals surface area (Å²) >= 11 is 5.97. The van der Waals surface area contributed by atoms with Crippen molar-refractivity contribution in [1.82, 2.24) is 4.90 Å². The minimum atomic E-state index is -0.916. The molecule has 0 bridgehead atoms. The maximum Gasteiger partial charge on any atom is 0.313 e. The zero-order valence-corrected chi connectivity index (χ0v) is 13.6. The van der Waals surface area contributed by atoms with Gasteiger partial charge >= 0.3 is 5.97 Å². The lowest BCUT2D eigenvalue weighted by Crippen LogP contribution is -2.46. The van der Waals surface area contributed by atoms with Gasteiger partial charge in [0.05, 0.1) is 6.04 Å². The number of amides is 1. The summed E-state index contributed by atoms with van der Waals surface area (Å²) in [6, 6.07) is 13.8. The molecule has 1 N–H and O–H groups in total. The molecule has 0 radical (unpaired) electrons. The Labute approximate surface area is 144 Å². The third kappa shape index (κ3) is 2.38. The lowest BCUT2D eigenvalue weighted by atomic mass is 9.79. The van der Waals surface area contributed by atoms with Gasteiger partial charge in [0.1, 0.15) is 5.92 Å². The van der Waals surface area contributed by atoms with Gasteiger partial charge in [-0.2, -0.15) is 0 Å². The monoisotopic (exact) mass is 341 g/mol. The van der Waals surface area contributed by atoms with Crippen LogP contribution in [0.1, 0.15) is 46.3 Å². The Balaban J connectivity index is 1.91. The highest BCUT2D eigenvalue weighted by molar-refractivity contribution is 6.30. The zero-order valence-electron chi connectivity index (χ0n) is 12.9. The van der Waals surface area contributed by atoms with Crippen LogP contribution in [0, 0.1) is 0 Å². The maximum atomic E-state index is 13.0. The summed E-state index contributed by atoms with van der Waals surface area (Å²) < 4.78 is 0. The zero-order chi connectivity index (χ0) is 16.8. The fourth-order valence-corrected chi connectivity index (χ4v) is 3.71. The van der Waals surface area contributed by atoms with E-state index in [4.69, 9.17) is 11.6 Å². The highest BCUT2D eigenvalue weighted by Gasteiger charge is 2.49. The topological polar surface area (TPSA) is 57.6 Å². The van der Waals surface area contributed by atoms with Crippen molar-refractivity contribution in [2.24, 2.45) is 0 Å². The van der Waals surface area contributed by atoms with Gasteiger partial charge in [0.2, 0.25) is 0 Å². The summed E-state index contributed by atoms with van der Waals surface area (Å²) in [7, 11) is 0. The molecule has 2 aliphatic rings. The number of nitrogens with zero attached hydrogens (tertiary/aromatic N) is 1. The lowest BCUT2D eigenvalue weighted by Gasteiger charge is -2.41. The summed E-state index contributed by atoms with van der Waals surface area (Å²) in [5.74, 6) is -1.77. The number of carboxylic acids is 1. The van der Waals surface area contributed by atoms with Crippen LogP contribution in [0.2, 0.25) is 5.02 Å². The molecule has 0 spiro atoms. The minimum absolute atomic E-state index is 0.0782. The lowest BCUT2D eigenvalue weighted by molar-refractivity contribution is -0.140. The number of halogens is 1. The molecule has 4 nitrogen and oxygen atoms in total. The standard InChI is InChI=1S/C19H16ClNO3/c20-12-7-5-11(6-8-12)17-16(19(23)24)14-3-1-2-4-15(14)18(22)21(17)13-9-10-13/h1-8,13,16-17H,9-10H2,(H,23,24)/t16-,17+/m0/s1. The minimum Gasteiger partial charge on any atom is -0.481 e. The molecule has 0 saturated heterocycles. The number of benzene rings is 2. The molecule has 1 saturated carbocycles. The average Bonchev–Trinajstić information content (AvgIpc) is 3.40. The van der Waals surface area contributed by atoms with Gasteiger partial charge in [-0.3, -0.25) is 9.59 Å². The molecular weight excluding hydrogens is 326 g/mol. The Morgan fingerprint density at radius 3 is 2.38 bits per heavy atom. The Kier molecular flexibility index (Phi) is 3.57. The van der Waals surface area contributed by atoms with E-state index in [0.717, 1.165) is 18.4 Å². The molecule has 1 amide bonds. The summed E-state index contributed by atoms with van der Waals surface area (Å²) in [5.41, 5.74) is 1.90. The van der Waals surface area contributed by atoms with Gasteiger partial charge in [-0.25, -0.2) is 0 Å². The number of hydrogen-bond acceptors (Lipinski definition) is 2. The van der Waals surface area contributed by atoms with Gasteiger partial charge in [0, 0.05) is 16.6 Å². The van der Waals surface area contributed by atoms with Crippen LogP contribution in [0.15, 0.2) is 48.5 Å². The van der Waals surface area contributed by atoms with Crippen molar-refractivity contribution in [3.63, 3.8) is 0 Å². The highest BCUT2D eigenvalue weighted by atomic mass is 35.5. The Morgan fingerprint density at radius 1 is 1.08 bits per heavy atom. The molecule has 5 heteroatoms. The van der Waals surface area contributed by atoms with E-state index >= 15 is 0 Å². The van der Waals surface area contributed by atoms with E-state index in [-0.39, 0.29) is 11.9 Å². The van der Waals surface area contributed by atoms with Gasteiger partial charge in [0.15, 0.2) is 0 Å². The van der Waals surface area contributed by atoms with Crippen molar-refractivity contribution < 1.29 is 14.7 Å². The van der Waals surface area contributed by atoms with E-state index in [1.807, 2.05) is 12.1 Å². The summed E-state index contributed by atoms with van der Waals surface area (Å²) in [4.78, 5) is 26.9. The third-order valence-electron chi connectivity index (χ3n) is 4.79. The molecule has 122 valence electrons. The van der Waals surface area contributed by atoms with E-state index in [1.54, 1.807) is 41.3 Å². The van der Waals surface area contributed by atoms with Crippen molar-refractivity contribution in [3.05, 3.63) is 70.2 Å². The van der Waals surface area contributed by atoms with Gasteiger partial charge in [-0.05, 0) is 42.2 Å². The first-order valence-corrected chi connectivity index (χ1v) is 8.35. The second-order valence-corrected chi connectivity index (χ2v) is 6.78. The first kappa shape index (κ1) is 15.2. The fourth-order valence-electron chi connectivity index (χ4n) is 3.59. The van der Waals surface area contributed by atoms with Crippen LogP contribution in [0.4, 0.5) is 0 Å². The van der Waals surface area contributed by atoms with Crippen molar-refractivity contribution in [2.45, 2.75) is 30.8 Å². The Hall–Kier alpha value is -2.33. The molecule has 2 atom stereocenters. The number of carbonyl (C=O) groups is 2. The van der Waals surface area contributed by atoms with Gasteiger partial charge in [-0.1, -0.05) is 41.9 Å². The molecular formula is C19H16ClNO3. The molecule has 2 aromatic rings. The molecule has 2 aromatic carbocycles. The highest BCUT2D eigenvalue weighted by Crippen LogP contribution is 2.47. The largest absolute Gasteiger partial charge is 0.481 e. The predicted octanol–water partition coefficient (Wildman–Crippen LogP) is 3.87. The van der Waals surface area contributed by atoms with Crippen LogP contribution >= 0.6 is 11.6 Å². The van der Waals surface area contributed by atoms with Crippen molar-refractivity contribution in [2.75, 3.05) is 0 Å². The normalized spacial score (nSPS) is 23.0. The maximum absolute atomic E-state index is 13.0. The van der Waals surface area contributed by atoms with Crippen molar-refractivity contribution >= 4 is 23.5 Å². The van der Waals surface area contributed by atoms with Crippen molar-refractivity contribution in [1.29, 1.82) is 0 Å². The Bertz CT molecular complexity index is 814. The Morgan fingerprint density at radius 2 is 1.75 bits per heavy atom. The van der Waals surface area contributed by atoms with E-state index in [0.29, 0.717) is 16.1 Å². The molecule has 0 unspecified atom stereocenters. The van der Waals surface area contributed by atoms with Crippen LogP contribution in [0.5, 0.6) is 0 Å². The molecule has 1 heterocycles. The molecule has 1 aliphatic heterocycles. The number of fused-ring (bicyclic) bond motifs is 1. The summed E-state index contributed by atoms with van der Waals surface area (Å²) in [6.45, 7) is 0. The van der Waals surface area contributed by atoms with E-state index in [9.17, 15) is 14.7 Å². The van der Waals surface area contributed by atoms with Gasteiger partial charge in [-0.15, -0.1) is 0 Å². The number of carboxylic acid groups (broad SMARTS) is 1. The van der Waals surface area contributed by atoms with Gasteiger partial charge in [0.25, 0.3) is 5.91 Å². The summed E-state index contributed by atoms with van der Waals surface area (Å²) in [5, 5.41) is 10.5. The van der Waals surface area contributed by atoms with Crippen LogP contribution < -0.4 is 0 Å². The fraction of sp³-hybridized carbons (Fsp3) is 0.263. The molecule has 24 heavy (non-hydrogen) atoms. The van der Waals surface area contributed by atoms with Gasteiger partial charge < -0.3 is 10.0 Å². The van der Waals surface area contributed by atoms with Crippen LogP contribution in [-0.2, 0) is 4.79 Å². The molecule has 1 fully saturated rings. The number of hydrogen-bond donors (Lipinski definition) is 1. The summed E-state index contributed by atoms with van der Waals surface area (Å²) in [6.07, 6.45) is 1.84. The molecule has 0 aromatic heterocycles. The van der Waals surface area contributed by atoms with E-state index in [2.05, 4.69) is 0 Å². The molecule has 1 aliphatic carbocycles. The number of aliphatic carboxylic acids is 1. The van der Waals surface area contributed by atoms with Crippen LogP contribution in [0.3, 0.4) is 0 Å². The quantitative estimate of drug-likeness (QED) is 0.922. The predicted molar refractivity (Wildman–Crippen MR) is 90.2 cm³/mol. The average molecular weight is 342 g/mol. The number of rotatable bonds is 3. The van der Waals surface area contributed by atoms with Crippen LogP contribution in [-0.4, -0.2) is 27.9 Å². The molecule has 4 rings (SSSR count). The SMILES string of the molecule is O=C(O)[C@H]1c2ccccc2C(=O)N(C2CC2)[C@@H]1c1ccc(Cl)cc1. The first-order valence-electron chi connectivity index (χ1n) is 7.98. The van der Waals surface area contributed by atoms with Crippen LogP contribution in [0.25, 0.3) is 0 Å². The number of carbonyl (C=O) groups excluding carboxylic acids is 1. The second-order valence-electron chi connectivity index (χ2n) is 6.34. The van der Waals surface area contributed by atoms with Crippen molar-refractivity contribution in [3.8, 4) is 0 Å². The van der Waals surface area contributed by atoms with E-state index < -0.39 is 17.9 Å². The second kappa shape index (κ2) is 5.64. The smallest absolute Gasteiger partial charge is 0.313 e. The third-order valence-corrected chi connectivity index (χ3v) is 5.05.